The van der Waals surface area contributed by atoms with Crippen LogP contribution in [-0.2, 0) is 37.5 Å². The average molecular weight is 436 g/mol. The number of hydrogen-bond donors (Lipinski definition) is 2. The maximum atomic E-state index is 13.1. The fourth-order valence-corrected chi connectivity index (χ4v) is 4.65. The maximum absolute atomic E-state index is 13.1. The number of rotatable bonds is 10. The first-order chi connectivity index (χ1) is 13.4. The van der Waals surface area contributed by atoms with Gasteiger partial charge in [-0.05, 0) is 19.3 Å². The predicted octanol–water partition coefficient (Wildman–Crippen LogP) is 1.78. The highest BCUT2D eigenvalue weighted by Gasteiger charge is 2.49. The van der Waals surface area contributed by atoms with Crippen LogP contribution in [0.5, 0.6) is 0 Å². The molecule has 1 rings (SSSR count). The summed E-state index contributed by atoms with van der Waals surface area (Å²) in [4.78, 5) is 36.0. The Morgan fingerprint density at radius 1 is 1.28 bits per heavy atom. The quantitative estimate of drug-likeness (QED) is 0.389. The number of nitrogens with one attached hydrogen (secondary N) is 2. The van der Waals surface area contributed by atoms with Crippen molar-refractivity contribution in [1.29, 1.82) is 0 Å². The molecule has 0 saturated carbocycles. The molecule has 1 unspecified atom stereocenters. The van der Waals surface area contributed by atoms with Crippen molar-refractivity contribution in [2.45, 2.75) is 59.6 Å². The number of hydrogen-bond acceptors (Lipinski definition) is 8. The molecule has 0 aromatic heterocycles. The van der Waals surface area contributed by atoms with Crippen LogP contribution in [0.15, 0.2) is 0 Å². The lowest BCUT2D eigenvalue weighted by molar-refractivity contribution is -0.146. The van der Waals surface area contributed by atoms with Crippen molar-refractivity contribution in [3.63, 3.8) is 0 Å². The Morgan fingerprint density at radius 2 is 1.93 bits per heavy atom. The molecule has 1 amide bonds. The van der Waals surface area contributed by atoms with Gasteiger partial charge in [-0.2, -0.15) is 0 Å². The molecule has 1 aliphatic rings. The zero-order valence-corrected chi connectivity index (χ0v) is 18.9. The molecule has 1 fully saturated rings. The van der Waals surface area contributed by atoms with Gasteiger partial charge in [0.05, 0.1) is 26.7 Å². The van der Waals surface area contributed by atoms with E-state index in [4.69, 9.17) is 13.8 Å². The molecule has 11 heteroatoms. The number of carbonyl (C=O) groups is 3. The molecule has 1 heterocycles. The first-order valence-corrected chi connectivity index (χ1v) is 11.2. The summed E-state index contributed by atoms with van der Waals surface area (Å²) in [6.07, 6.45) is -0.745. The summed E-state index contributed by atoms with van der Waals surface area (Å²) in [6, 6.07) is -0.898. The molecular weight excluding hydrogens is 403 g/mol. The van der Waals surface area contributed by atoms with Crippen LogP contribution in [0, 0.1) is 11.3 Å². The topological polar surface area (TPSA) is 129 Å². The SMILES string of the molecule is CCOC(=O)[C@H](CC(C)C)NP1(=O)OCC(C)(C)[C@H](C(=O)NCCC(=O)OC)O1. The van der Waals surface area contributed by atoms with Gasteiger partial charge in [-0.15, -0.1) is 0 Å². The van der Waals surface area contributed by atoms with Gasteiger partial charge >= 0.3 is 19.7 Å². The van der Waals surface area contributed by atoms with Crippen LogP contribution in [0.2, 0.25) is 0 Å². The van der Waals surface area contributed by atoms with Crippen molar-refractivity contribution in [3.05, 3.63) is 0 Å². The molecule has 10 nitrogen and oxygen atoms in total. The predicted molar refractivity (Wildman–Crippen MR) is 105 cm³/mol. The molecule has 29 heavy (non-hydrogen) atoms. The third-order valence-electron chi connectivity index (χ3n) is 4.25. The van der Waals surface area contributed by atoms with Crippen LogP contribution < -0.4 is 10.4 Å². The van der Waals surface area contributed by atoms with Crippen LogP contribution in [0.1, 0.15) is 47.5 Å². The second-order valence-corrected chi connectivity index (χ2v) is 9.65. The van der Waals surface area contributed by atoms with Gasteiger partial charge in [-0.3, -0.25) is 23.4 Å². The monoisotopic (exact) mass is 436 g/mol. The van der Waals surface area contributed by atoms with Gasteiger partial charge in [-0.1, -0.05) is 27.7 Å². The molecule has 0 aromatic rings. The standard InChI is InChI=1S/C18H33N2O8P/c1-7-26-17(23)13(10-12(2)3)20-29(24)27-11-18(4,5)15(28-29)16(22)19-9-8-14(21)25-6/h12-13,15H,7-11H2,1-6H3,(H,19,22)(H,20,24)/t13-,15-,29?/m0/s1. The largest absolute Gasteiger partial charge is 0.469 e. The Bertz CT molecular complexity index is 637. The van der Waals surface area contributed by atoms with E-state index in [0.29, 0.717) is 6.42 Å². The Kier molecular flexibility index (Phi) is 9.75. The van der Waals surface area contributed by atoms with E-state index < -0.39 is 43.2 Å². The van der Waals surface area contributed by atoms with E-state index >= 15 is 0 Å². The van der Waals surface area contributed by atoms with Crippen LogP contribution >= 0.6 is 7.75 Å². The van der Waals surface area contributed by atoms with Gasteiger partial charge in [0, 0.05) is 12.0 Å². The van der Waals surface area contributed by atoms with Crippen molar-refractivity contribution in [2.75, 3.05) is 26.9 Å². The van der Waals surface area contributed by atoms with Crippen LogP contribution in [0.3, 0.4) is 0 Å². The first-order valence-electron chi connectivity index (χ1n) is 9.66. The van der Waals surface area contributed by atoms with E-state index in [1.54, 1.807) is 20.8 Å². The Hall–Kier alpha value is -1.48. The molecule has 168 valence electrons. The van der Waals surface area contributed by atoms with Gasteiger partial charge in [0.25, 0.3) is 0 Å². The number of carbonyl (C=O) groups excluding carboxylic acids is 3. The zero-order chi connectivity index (χ0) is 22.2. The summed E-state index contributed by atoms with van der Waals surface area (Å²) in [7, 11) is -2.70. The Morgan fingerprint density at radius 3 is 2.48 bits per heavy atom. The minimum absolute atomic E-state index is 0.00111. The normalized spacial score (nSPS) is 24.6. The van der Waals surface area contributed by atoms with Crippen LogP contribution in [-0.4, -0.2) is 56.9 Å². The summed E-state index contributed by atoms with van der Waals surface area (Å²) in [5.74, 6) is -1.44. The van der Waals surface area contributed by atoms with Crippen molar-refractivity contribution in [1.82, 2.24) is 10.4 Å². The lowest BCUT2D eigenvalue weighted by Gasteiger charge is -2.40. The summed E-state index contributed by atoms with van der Waals surface area (Å²) in [6.45, 7) is 9.18. The minimum Gasteiger partial charge on any atom is -0.469 e. The fourth-order valence-electron chi connectivity index (χ4n) is 2.70. The lowest BCUT2D eigenvalue weighted by atomic mass is 9.87. The van der Waals surface area contributed by atoms with Gasteiger partial charge < -0.3 is 14.8 Å². The average Bonchev–Trinajstić information content (AvgIpc) is 2.63. The van der Waals surface area contributed by atoms with Crippen molar-refractivity contribution in [2.24, 2.45) is 11.3 Å². The molecule has 0 radical (unpaired) electrons. The van der Waals surface area contributed by atoms with E-state index in [2.05, 4.69) is 15.1 Å². The first kappa shape index (κ1) is 25.6. The van der Waals surface area contributed by atoms with E-state index in [1.165, 1.54) is 7.11 Å². The molecule has 1 aliphatic heterocycles. The van der Waals surface area contributed by atoms with E-state index in [-0.39, 0.29) is 32.1 Å². The summed E-state index contributed by atoms with van der Waals surface area (Å²) < 4.78 is 33.7. The van der Waals surface area contributed by atoms with Gasteiger partial charge in [0.1, 0.15) is 6.04 Å². The summed E-state index contributed by atoms with van der Waals surface area (Å²) in [5.41, 5.74) is -0.775. The number of methoxy groups -OCH3 is 1. The molecule has 3 atom stereocenters. The molecule has 0 aromatic carbocycles. The Balaban J connectivity index is 2.88. The van der Waals surface area contributed by atoms with Crippen molar-refractivity contribution >= 4 is 25.6 Å². The lowest BCUT2D eigenvalue weighted by Crippen LogP contribution is -2.52. The second kappa shape index (κ2) is 11.1. The number of amides is 1. The van der Waals surface area contributed by atoms with Gasteiger partial charge in [-0.25, -0.2) is 9.65 Å². The van der Waals surface area contributed by atoms with Crippen LogP contribution in [0.4, 0.5) is 0 Å². The van der Waals surface area contributed by atoms with E-state index in [0.717, 1.165) is 0 Å². The third-order valence-corrected chi connectivity index (χ3v) is 5.83. The summed E-state index contributed by atoms with van der Waals surface area (Å²) in [5, 5.41) is 5.22. The number of esters is 2. The zero-order valence-electron chi connectivity index (χ0n) is 18.0. The molecular formula is C18H33N2O8P. The van der Waals surface area contributed by atoms with Gasteiger partial charge in [0.2, 0.25) is 5.91 Å². The maximum Gasteiger partial charge on any atom is 0.407 e. The van der Waals surface area contributed by atoms with Crippen molar-refractivity contribution < 1.29 is 37.5 Å². The smallest absolute Gasteiger partial charge is 0.407 e. The third kappa shape index (κ3) is 8.04. The highest BCUT2D eigenvalue weighted by Crippen LogP contribution is 2.53. The molecule has 0 aliphatic carbocycles. The number of ether oxygens (including phenoxy) is 2. The summed E-state index contributed by atoms with van der Waals surface area (Å²) >= 11 is 0. The molecule has 2 N–H and O–H groups in total. The molecule has 0 spiro atoms. The Labute approximate surface area is 171 Å². The van der Waals surface area contributed by atoms with Gasteiger partial charge in [0.15, 0.2) is 6.10 Å². The molecule has 0 bridgehead atoms. The highest BCUT2D eigenvalue weighted by atomic mass is 31.2. The van der Waals surface area contributed by atoms with Crippen molar-refractivity contribution in [3.8, 4) is 0 Å². The minimum atomic E-state index is -3.95. The fraction of sp³-hybridized carbons (Fsp3) is 0.833. The van der Waals surface area contributed by atoms with E-state index in [1.807, 2.05) is 13.8 Å². The molecule has 1 saturated heterocycles. The van der Waals surface area contributed by atoms with E-state index in [9.17, 15) is 18.9 Å². The highest BCUT2D eigenvalue weighted by molar-refractivity contribution is 7.51. The van der Waals surface area contributed by atoms with Crippen LogP contribution in [0.25, 0.3) is 0 Å². The second-order valence-electron chi connectivity index (χ2n) is 7.93.